The first-order valence-electron chi connectivity index (χ1n) is 9.09. The van der Waals surface area contributed by atoms with Crippen molar-refractivity contribution in [1.29, 1.82) is 0 Å². The number of ether oxygens (including phenoxy) is 2. The molecular weight excluding hydrogens is 373 g/mol. The smallest absolute Gasteiger partial charge is 0.335 e. The predicted octanol–water partition coefficient (Wildman–Crippen LogP) is 5.03. The summed E-state index contributed by atoms with van der Waals surface area (Å²) in [5.74, 6) is -0.225. The molecule has 150 valence electrons. The minimum atomic E-state index is -0.967. The lowest BCUT2D eigenvalue weighted by atomic mass is 10.1. The van der Waals surface area contributed by atoms with Gasteiger partial charge in [-0.3, -0.25) is 0 Å². The van der Waals surface area contributed by atoms with Crippen LogP contribution < -0.4 is 14.8 Å². The molecule has 0 spiro atoms. The number of aryl methyl sites for hydroxylation is 1. The Labute approximate surface area is 168 Å². The predicted molar refractivity (Wildman–Crippen MR) is 109 cm³/mol. The lowest BCUT2D eigenvalue weighted by Crippen LogP contribution is -2.05. The molecular formula is C23H22FNO4. The summed E-state index contributed by atoms with van der Waals surface area (Å²) in [7, 11) is 1.54. The average molecular weight is 395 g/mol. The number of halogens is 1. The fraction of sp³-hybridized carbons (Fsp3) is 0.174. The largest absolute Gasteiger partial charge is 0.493 e. The van der Waals surface area contributed by atoms with Crippen molar-refractivity contribution in [3.8, 4) is 11.5 Å². The summed E-state index contributed by atoms with van der Waals surface area (Å²) in [4.78, 5) is 11.2. The van der Waals surface area contributed by atoms with Gasteiger partial charge in [0.15, 0.2) is 11.5 Å². The van der Waals surface area contributed by atoms with Gasteiger partial charge in [-0.1, -0.05) is 30.3 Å². The maximum Gasteiger partial charge on any atom is 0.335 e. The molecule has 3 aromatic carbocycles. The van der Waals surface area contributed by atoms with Gasteiger partial charge in [0.2, 0.25) is 0 Å². The Bertz CT molecular complexity index is 1020. The molecule has 0 radical (unpaired) electrons. The van der Waals surface area contributed by atoms with Gasteiger partial charge in [-0.15, -0.1) is 0 Å². The van der Waals surface area contributed by atoms with E-state index in [9.17, 15) is 9.18 Å². The molecule has 0 aliphatic heterocycles. The zero-order valence-corrected chi connectivity index (χ0v) is 16.2. The topological polar surface area (TPSA) is 67.8 Å². The lowest BCUT2D eigenvalue weighted by Gasteiger charge is -2.14. The van der Waals surface area contributed by atoms with Gasteiger partial charge in [-0.2, -0.15) is 0 Å². The van der Waals surface area contributed by atoms with Crippen molar-refractivity contribution in [2.24, 2.45) is 0 Å². The van der Waals surface area contributed by atoms with Crippen LogP contribution in [0.15, 0.2) is 60.7 Å². The number of anilines is 1. The molecule has 0 bridgehead atoms. The Morgan fingerprint density at radius 1 is 1.07 bits per heavy atom. The molecule has 0 unspecified atom stereocenters. The first-order valence-corrected chi connectivity index (χ1v) is 9.09. The van der Waals surface area contributed by atoms with Gasteiger partial charge in [-0.25, -0.2) is 9.18 Å². The number of rotatable bonds is 8. The van der Waals surface area contributed by atoms with Crippen LogP contribution >= 0.6 is 0 Å². The zero-order valence-electron chi connectivity index (χ0n) is 16.2. The molecule has 5 nitrogen and oxygen atoms in total. The maximum absolute atomic E-state index is 13.8. The average Bonchev–Trinajstić information content (AvgIpc) is 2.72. The Morgan fingerprint density at radius 3 is 2.59 bits per heavy atom. The minimum Gasteiger partial charge on any atom is -0.493 e. The Morgan fingerprint density at radius 2 is 1.86 bits per heavy atom. The van der Waals surface area contributed by atoms with E-state index in [-0.39, 0.29) is 18.0 Å². The second-order valence-corrected chi connectivity index (χ2v) is 6.55. The summed E-state index contributed by atoms with van der Waals surface area (Å²) < 4.78 is 24.9. The summed E-state index contributed by atoms with van der Waals surface area (Å²) in [6.07, 6.45) is 0. The number of nitrogens with one attached hydrogen (secondary N) is 1. The molecule has 2 N–H and O–H groups in total. The van der Waals surface area contributed by atoms with Gasteiger partial charge < -0.3 is 19.9 Å². The van der Waals surface area contributed by atoms with Crippen molar-refractivity contribution in [1.82, 2.24) is 0 Å². The molecule has 0 atom stereocenters. The summed E-state index contributed by atoms with van der Waals surface area (Å²) in [5, 5.41) is 12.4. The quantitative estimate of drug-likeness (QED) is 0.560. The van der Waals surface area contributed by atoms with Crippen LogP contribution in [0.4, 0.5) is 10.1 Å². The van der Waals surface area contributed by atoms with E-state index < -0.39 is 5.97 Å². The van der Waals surface area contributed by atoms with Crippen LogP contribution in [0.5, 0.6) is 11.5 Å². The van der Waals surface area contributed by atoms with Gasteiger partial charge in [-0.05, 0) is 48.4 Å². The molecule has 0 heterocycles. The lowest BCUT2D eigenvalue weighted by molar-refractivity contribution is 0.0697. The number of benzene rings is 3. The van der Waals surface area contributed by atoms with E-state index in [0.29, 0.717) is 23.6 Å². The van der Waals surface area contributed by atoms with Gasteiger partial charge in [0.05, 0.1) is 12.7 Å². The highest BCUT2D eigenvalue weighted by Gasteiger charge is 2.10. The fourth-order valence-corrected chi connectivity index (χ4v) is 2.85. The molecule has 0 aromatic heterocycles. The van der Waals surface area contributed by atoms with E-state index in [1.165, 1.54) is 6.07 Å². The normalized spacial score (nSPS) is 10.4. The van der Waals surface area contributed by atoms with Crippen molar-refractivity contribution in [2.45, 2.75) is 20.1 Å². The second-order valence-electron chi connectivity index (χ2n) is 6.55. The number of carbonyl (C=O) groups is 1. The third kappa shape index (κ3) is 5.04. The number of hydrogen-bond acceptors (Lipinski definition) is 4. The van der Waals surface area contributed by atoms with Gasteiger partial charge in [0, 0.05) is 17.8 Å². The molecule has 29 heavy (non-hydrogen) atoms. The van der Waals surface area contributed by atoms with Gasteiger partial charge in [0.25, 0.3) is 0 Å². The Kier molecular flexibility index (Phi) is 6.34. The van der Waals surface area contributed by atoms with Gasteiger partial charge >= 0.3 is 5.97 Å². The van der Waals surface area contributed by atoms with Crippen molar-refractivity contribution in [3.63, 3.8) is 0 Å². The number of aromatic carboxylic acids is 1. The van der Waals surface area contributed by atoms with Crippen LogP contribution in [0.25, 0.3) is 0 Å². The highest BCUT2D eigenvalue weighted by atomic mass is 19.1. The standard InChI is InChI=1S/C23H22FNO4/c1-15-7-9-17(23(26)27)12-20(15)25-13-16-8-10-21(22(11-16)28-2)29-14-18-5-3-4-6-19(18)24/h3-12,25H,13-14H2,1-2H3,(H,26,27). The van der Waals surface area contributed by atoms with Crippen molar-refractivity contribution in [3.05, 3.63) is 88.7 Å². The minimum absolute atomic E-state index is 0.0990. The highest BCUT2D eigenvalue weighted by molar-refractivity contribution is 5.89. The maximum atomic E-state index is 13.8. The SMILES string of the molecule is COc1cc(CNc2cc(C(=O)O)ccc2C)ccc1OCc1ccccc1F. The van der Waals surface area contributed by atoms with E-state index in [4.69, 9.17) is 14.6 Å². The van der Waals surface area contributed by atoms with Gasteiger partial charge in [0.1, 0.15) is 12.4 Å². The summed E-state index contributed by atoms with van der Waals surface area (Å²) in [6.45, 7) is 2.49. The summed E-state index contributed by atoms with van der Waals surface area (Å²) in [6, 6.07) is 16.9. The number of carboxylic acid groups (broad SMARTS) is 1. The first-order chi connectivity index (χ1) is 14.0. The third-order valence-corrected chi connectivity index (χ3v) is 4.54. The Balaban J connectivity index is 1.70. The van der Waals surface area contributed by atoms with Crippen LogP contribution in [0.2, 0.25) is 0 Å². The zero-order chi connectivity index (χ0) is 20.8. The van der Waals surface area contributed by atoms with Crippen LogP contribution in [0.3, 0.4) is 0 Å². The number of hydrogen-bond donors (Lipinski definition) is 2. The molecule has 0 saturated heterocycles. The fourth-order valence-electron chi connectivity index (χ4n) is 2.85. The Hall–Kier alpha value is -3.54. The first kappa shape index (κ1) is 20.2. The van der Waals surface area contributed by atoms with Crippen molar-refractivity contribution < 1.29 is 23.8 Å². The summed E-state index contributed by atoms with van der Waals surface area (Å²) >= 11 is 0. The van der Waals surface area contributed by atoms with Crippen LogP contribution in [0, 0.1) is 12.7 Å². The molecule has 0 aliphatic carbocycles. The highest BCUT2D eigenvalue weighted by Crippen LogP contribution is 2.29. The van der Waals surface area contributed by atoms with E-state index in [1.54, 1.807) is 49.6 Å². The second kappa shape index (κ2) is 9.10. The molecule has 3 rings (SSSR count). The molecule has 0 amide bonds. The molecule has 0 aliphatic rings. The number of methoxy groups -OCH3 is 1. The van der Waals surface area contributed by atoms with Crippen molar-refractivity contribution in [2.75, 3.05) is 12.4 Å². The van der Waals surface area contributed by atoms with Crippen molar-refractivity contribution >= 4 is 11.7 Å². The van der Waals surface area contributed by atoms with E-state index in [0.717, 1.165) is 16.8 Å². The molecule has 0 fully saturated rings. The summed E-state index contributed by atoms with van der Waals surface area (Å²) in [5.41, 5.74) is 3.33. The number of carboxylic acids is 1. The van der Waals surface area contributed by atoms with E-state index >= 15 is 0 Å². The van der Waals surface area contributed by atoms with Crippen LogP contribution in [-0.4, -0.2) is 18.2 Å². The van der Waals surface area contributed by atoms with E-state index in [2.05, 4.69) is 5.32 Å². The molecule has 6 heteroatoms. The monoisotopic (exact) mass is 395 g/mol. The van der Waals surface area contributed by atoms with E-state index in [1.807, 2.05) is 19.1 Å². The van der Waals surface area contributed by atoms with Crippen LogP contribution in [0.1, 0.15) is 27.0 Å². The third-order valence-electron chi connectivity index (χ3n) is 4.54. The molecule has 0 saturated carbocycles. The molecule has 3 aromatic rings. The van der Waals surface area contributed by atoms with Crippen LogP contribution in [-0.2, 0) is 13.2 Å².